The molecule has 0 aromatic heterocycles. The molecule has 0 radical (unpaired) electrons. The third kappa shape index (κ3) is 5.38. The van der Waals surface area contributed by atoms with Crippen molar-refractivity contribution in [1.82, 2.24) is 5.32 Å². The van der Waals surface area contributed by atoms with Crippen LogP contribution in [0, 0.1) is 6.92 Å². The zero-order valence-electron chi connectivity index (χ0n) is 15.5. The number of benzene rings is 2. The van der Waals surface area contributed by atoms with Gasteiger partial charge in [-0.3, -0.25) is 9.35 Å². The van der Waals surface area contributed by atoms with Crippen LogP contribution in [-0.2, 0) is 25.1 Å². The van der Waals surface area contributed by atoms with E-state index in [-0.39, 0.29) is 10.9 Å². The van der Waals surface area contributed by atoms with Crippen LogP contribution in [-0.4, -0.2) is 39.1 Å². The molecule has 3 rings (SSSR count). The van der Waals surface area contributed by atoms with E-state index in [4.69, 9.17) is 9.29 Å². The molecule has 27 heavy (non-hydrogen) atoms. The minimum absolute atomic E-state index is 0.0666. The molecule has 0 unspecified atom stereocenters. The fourth-order valence-corrected chi connectivity index (χ4v) is 3.61. The zero-order chi connectivity index (χ0) is 19.9. The van der Waals surface area contributed by atoms with E-state index in [9.17, 15) is 13.2 Å². The first-order valence-electron chi connectivity index (χ1n) is 8.68. The summed E-state index contributed by atoms with van der Waals surface area (Å²) < 4.78 is 34.5. The lowest BCUT2D eigenvalue weighted by Crippen LogP contribution is -2.46. The van der Waals surface area contributed by atoms with Crippen molar-refractivity contribution in [2.45, 2.75) is 30.1 Å². The fourth-order valence-electron chi connectivity index (χ4n) is 3.13. The van der Waals surface area contributed by atoms with Crippen molar-refractivity contribution in [3.05, 3.63) is 65.7 Å². The number of piperidine rings is 1. The zero-order valence-corrected chi connectivity index (χ0v) is 16.3. The van der Waals surface area contributed by atoms with Gasteiger partial charge in [-0.05, 0) is 50.6 Å². The Kier molecular flexibility index (Phi) is 7.12. The molecule has 2 aromatic carbocycles. The fraction of sp³-hybridized carbons (Fsp3) is 0.350. The van der Waals surface area contributed by atoms with Crippen molar-refractivity contribution < 1.29 is 22.5 Å². The summed E-state index contributed by atoms with van der Waals surface area (Å²) in [6.45, 7) is 3.57. The van der Waals surface area contributed by atoms with E-state index in [1.807, 2.05) is 37.3 Å². The molecule has 0 atom stereocenters. The third-order valence-corrected chi connectivity index (χ3v) is 5.55. The maximum atomic E-state index is 12.0. The van der Waals surface area contributed by atoms with Crippen molar-refractivity contribution in [1.29, 1.82) is 0 Å². The number of aryl methyl sites for hydroxylation is 1. The van der Waals surface area contributed by atoms with Gasteiger partial charge in [0.2, 0.25) is 0 Å². The van der Waals surface area contributed by atoms with Gasteiger partial charge < -0.3 is 10.1 Å². The summed E-state index contributed by atoms with van der Waals surface area (Å²) in [7, 11) is -2.55. The molecule has 146 valence electrons. The number of rotatable bonds is 3. The van der Waals surface area contributed by atoms with Crippen LogP contribution in [0.3, 0.4) is 0 Å². The number of nitrogens with one attached hydrogen (secondary N) is 1. The summed E-state index contributed by atoms with van der Waals surface area (Å²) >= 11 is 0. The van der Waals surface area contributed by atoms with Gasteiger partial charge in [0, 0.05) is 0 Å². The first-order chi connectivity index (χ1) is 12.8. The predicted molar refractivity (Wildman–Crippen MR) is 103 cm³/mol. The Morgan fingerprint density at radius 3 is 2.07 bits per heavy atom. The van der Waals surface area contributed by atoms with Crippen LogP contribution in [0.4, 0.5) is 0 Å². The highest BCUT2D eigenvalue weighted by molar-refractivity contribution is 7.85. The summed E-state index contributed by atoms with van der Waals surface area (Å²) in [5, 5.41) is 3.28. The van der Waals surface area contributed by atoms with Gasteiger partial charge in [-0.1, -0.05) is 48.0 Å². The molecule has 0 amide bonds. The van der Waals surface area contributed by atoms with Crippen LogP contribution in [0.5, 0.6) is 0 Å². The molecule has 0 saturated carbocycles. The number of ether oxygens (including phenoxy) is 1. The molecule has 1 aliphatic rings. The second-order valence-electron chi connectivity index (χ2n) is 6.48. The number of carbonyl (C=O) groups excluding carboxylic acids is 1. The van der Waals surface area contributed by atoms with Gasteiger partial charge in [0.15, 0.2) is 0 Å². The van der Waals surface area contributed by atoms with E-state index < -0.39 is 15.5 Å². The Morgan fingerprint density at radius 1 is 1.04 bits per heavy atom. The van der Waals surface area contributed by atoms with Gasteiger partial charge in [0.1, 0.15) is 0 Å². The maximum Gasteiger partial charge on any atom is 0.316 e. The van der Waals surface area contributed by atoms with E-state index in [2.05, 4.69) is 5.32 Å². The standard InChI is InChI=1S/C13H17NO2.C7H8O3S/c1-16-12(15)13(7-9-14-10-8-13)11-5-3-2-4-6-11;1-6-2-4-7(5-3-6)11(8,9)10/h2-6,14H,7-10H2,1H3;2-5H,1H3,(H,8,9,10). The molecule has 1 aliphatic heterocycles. The Bertz CT molecular complexity index is 842. The Morgan fingerprint density at radius 2 is 1.59 bits per heavy atom. The molecule has 1 saturated heterocycles. The van der Waals surface area contributed by atoms with Crippen LogP contribution in [0.25, 0.3) is 0 Å². The van der Waals surface area contributed by atoms with Crippen LogP contribution in [0.2, 0.25) is 0 Å². The molecule has 1 fully saturated rings. The predicted octanol–water partition coefficient (Wildman–Crippen LogP) is 2.72. The second-order valence-corrected chi connectivity index (χ2v) is 7.90. The SMILES string of the molecule is COC(=O)C1(c2ccccc2)CCNCC1.Cc1ccc(S(=O)(=O)O)cc1. The van der Waals surface area contributed by atoms with Gasteiger partial charge >= 0.3 is 5.97 Å². The van der Waals surface area contributed by atoms with E-state index in [0.717, 1.165) is 37.1 Å². The minimum Gasteiger partial charge on any atom is -0.468 e. The van der Waals surface area contributed by atoms with Crippen molar-refractivity contribution >= 4 is 16.1 Å². The maximum absolute atomic E-state index is 12.0. The van der Waals surface area contributed by atoms with E-state index >= 15 is 0 Å². The molecule has 6 nitrogen and oxygen atoms in total. The van der Waals surface area contributed by atoms with Gasteiger partial charge in [-0.25, -0.2) is 0 Å². The monoisotopic (exact) mass is 391 g/mol. The summed E-state index contributed by atoms with van der Waals surface area (Å²) in [4.78, 5) is 12.0. The molecular weight excluding hydrogens is 366 g/mol. The van der Waals surface area contributed by atoms with Crippen LogP contribution in [0.15, 0.2) is 59.5 Å². The Labute approximate surface area is 160 Å². The first kappa shape index (κ1) is 21.1. The van der Waals surface area contributed by atoms with Crippen molar-refractivity contribution in [3.63, 3.8) is 0 Å². The van der Waals surface area contributed by atoms with E-state index in [1.165, 1.54) is 19.2 Å². The molecule has 2 aromatic rings. The Balaban J connectivity index is 0.000000208. The third-order valence-electron chi connectivity index (χ3n) is 4.68. The smallest absolute Gasteiger partial charge is 0.316 e. The molecule has 0 bridgehead atoms. The lowest BCUT2D eigenvalue weighted by Gasteiger charge is -2.35. The van der Waals surface area contributed by atoms with Crippen molar-refractivity contribution in [2.75, 3.05) is 20.2 Å². The first-order valence-corrected chi connectivity index (χ1v) is 10.1. The quantitative estimate of drug-likeness (QED) is 0.617. The number of methoxy groups -OCH3 is 1. The normalized spacial score (nSPS) is 16.0. The molecule has 0 aliphatic carbocycles. The average molecular weight is 391 g/mol. The number of esters is 1. The lowest BCUT2D eigenvalue weighted by atomic mass is 9.73. The average Bonchev–Trinajstić information content (AvgIpc) is 2.68. The van der Waals surface area contributed by atoms with Gasteiger partial charge in [-0.2, -0.15) is 8.42 Å². The lowest BCUT2D eigenvalue weighted by molar-refractivity contribution is -0.148. The van der Waals surface area contributed by atoms with E-state index in [1.54, 1.807) is 12.1 Å². The second kappa shape index (κ2) is 9.12. The molecule has 1 heterocycles. The molecule has 7 heteroatoms. The van der Waals surface area contributed by atoms with Gasteiger partial charge in [0.05, 0.1) is 17.4 Å². The number of carbonyl (C=O) groups is 1. The van der Waals surface area contributed by atoms with Crippen molar-refractivity contribution in [3.8, 4) is 0 Å². The molecule has 0 spiro atoms. The summed E-state index contributed by atoms with van der Waals surface area (Å²) in [6, 6.07) is 15.9. The highest BCUT2D eigenvalue weighted by Crippen LogP contribution is 2.34. The summed E-state index contributed by atoms with van der Waals surface area (Å²) in [5.41, 5.74) is 1.59. The molecular formula is C20H25NO5S. The van der Waals surface area contributed by atoms with Gasteiger partial charge in [-0.15, -0.1) is 0 Å². The highest BCUT2D eigenvalue weighted by atomic mass is 32.2. The van der Waals surface area contributed by atoms with Crippen LogP contribution < -0.4 is 5.32 Å². The van der Waals surface area contributed by atoms with Crippen LogP contribution in [0.1, 0.15) is 24.0 Å². The summed E-state index contributed by atoms with van der Waals surface area (Å²) in [6.07, 6.45) is 1.62. The van der Waals surface area contributed by atoms with Crippen molar-refractivity contribution in [2.24, 2.45) is 0 Å². The topological polar surface area (TPSA) is 92.7 Å². The summed E-state index contributed by atoms with van der Waals surface area (Å²) in [5.74, 6) is -0.111. The van der Waals surface area contributed by atoms with Gasteiger partial charge in [0.25, 0.3) is 10.1 Å². The van der Waals surface area contributed by atoms with Crippen LogP contribution >= 0.6 is 0 Å². The molecule has 2 N–H and O–H groups in total. The Hall–Kier alpha value is -2.22. The number of hydrogen-bond acceptors (Lipinski definition) is 5. The highest BCUT2D eigenvalue weighted by Gasteiger charge is 2.42. The van der Waals surface area contributed by atoms with E-state index in [0.29, 0.717) is 0 Å². The largest absolute Gasteiger partial charge is 0.468 e. The number of hydrogen-bond donors (Lipinski definition) is 2. The minimum atomic E-state index is -4.02.